The molecule has 0 spiro atoms. The summed E-state index contributed by atoms with van der Waals surface area (Å²) < 4.78 is 0. The van der Waals surface area contributed by atoms with Crippen molar-refractivity contribution in [3.63, 3.8) is 0 Å². The highest BCUT2D eigenvalue weighted by molar-refractivity contribution is 8.00. The normalized spacial score (nSPS) is 26.2. The van der Waals surface area contributed by atoms with Gasteiger partial charge in [-0.1, -0.05) is 12.8 Å². The molecule has 0 radical (unpaired) electrons. The van der Waals surface area contributed by atoms with E-state index in [-0.39, 0.29) is 18.6 Å². The SMILES string of the molecule is O=C(CSC1CCNCC1)N1CCCCCC1CO. The zero-order valence-corrected chi connectivity index (χ0v) is 12.5. The fraction of sp³-hybridized carbons (Fsp3) is 0.929. The van der Waals surface area contributed by atoms with Crippen molar-refractivity contribution in [3.05, 3.63) is 0 Å². The van der Waals surface area contributed by atoms with Gasteiger partial charge in [0.2, 0.25) is 5.91 Å². The van der Waals surface area contributed by atoms with Gasteiger partial charge in [0.1, 0.15) is 0 Å². The Kier molecular flexibility index (Phi) is 6.47. The van der Waals surface area contributed by atoms with Crippen LogP contribution in [0.15, 0.2) is 0 Å². The van der Waals surface area contributed by atoms with Crippen LogP contribution < -0.4 is 5.32 Å². The summed E-state index contributed by atoms with van der Waals surface area (Å²) in [6.07, 6.45) is 6.70. The van der Waals surface area contributed by atoms with Gasteiger partial charge in [0.15, 0.2) is 0 Å². The van der Waals surface area contributed by atoms with E-state index in [1.165, 1.54) is 19.3 Å². The Morgan fingerprint density at radius 2 is 2.00 bits per heavy atom. The number of hydrogen-bond acceptors (Lipinski definition) is 4. The van der Waals surface area contributed by atoms with Crippen LogP contribution in [0.5, 0.6) is 0 Å². The molecule has 110 valence electrons. The molecule has 1 unspecified atom stereocenters. The number of likely N-dealkylation sites (tertiary alicyclic amines) is 1. The van der Waals surface area contributed by atoms with Crippen molar-refractivity contribution in [2.24, 2.45) is 0 Å². The molecule has 19 heavy (non-hydrogen) atoms. The van der Waals surface area contributed by atoms with Crippen molar-refractivity contribution >= 4 is 17.7 Å². The molecule has 2 aliphatic rings. The number of nitrogens with zero attached hydrogens (tertiary/aromatic N) is 1. The van der Waals surface area contributed by atoms with Crippen LogP contribution in [0.1, 0.15) is 38.5 Å². The van der Waals surface area contributed by atoms with Gasteiger partial charge in [-0.3, -0.25) is 4.79 Å². The number of thioether (sulfide) groups is 1. The Morgan fingerprint density at radius 1 is 1.21 bits per heavy atom. The zero-order chi connectivity index (χ0) is 13.5. The molecule has 2 heterocycles. The topological polar surface area (TPSA) is 52.6 Å². The molecule has 1 amide bonds. The molecule has 2 rings (SSSR count). The number of rotatable bonds is 4. The van der Waals surface area contributed by atoms with Crippen LogP contribution in [0.2, 0.25) is 0 Å². The number of aliphatic hydroxyl groups excluding tert-OH is 1. The predicted molar refractivity (Wildman–Crippen MR) is 79.4 cm³/mol. The largest absolute Gasteiger partial charge is 0.394 e. The molecule has 2 saturated heterocycles. The van der Waals surface area contributed by atoms with Crippen molar-refractivity contribution < 1.29 is 9.90 Å². The van der Waals surface area contributed by atoms with Gasteiger partial charge in [-0.05, 0) is 38.8 Å². The summed E-state index contributed by atoms with van der Waals surface area (Å²) in [7, 11) is 0. The molecule has 2 aliphatic heterocycles. The molecule has 1 atom stereocenters. The molecule has 0 aromatic rings. The van der Waals surface area contributed by atoms with Crippen LogP contribution in [0.25, 0.3) is 0 Å². The van der Waals surface area contributed by atoms with E-state index in [2.05, 4.69) is 5.32 Å². The third-order valence-corrected chi connectivity index (χ3v) is 5.49. The molecule has 0 aromatic heterocycles. The lowest BCUT2D eigenvalue weighted by atomic mass is 10.1. The van der Waals surface area contributed by atoms with Gasteiger partial charge in [0, 0.05) is 11.8 Å². The van der Waals surface area contributed by atoms with Crippen molar-refractivity contribution in [3.8, 4) is 0 Å². The Hall–Kier alpha value is -0.260. The van der Waals surface area contributed by atoms with Crippen LogP contribution in [-0.4, -0.2) is 59.2 Å². The maximum Gasteiger partial charge on any atom is 0.232 e. The molecular weight excluding hydrogens is 260 g/mol. The summed E-state index contributed by atoms with van der Waals surface area (Å²) in [5.74, 6) is 0.811. The first kappa shape index (κ1) is 15.1. The molecule has 4 nitrogen and oxygen atoms in total. The Bertz CT molecular complexity index is 283. The fourth-order valence-corrected chi connectivity index (χ4v) is 4.04. The van der Waals surface area contributed by atoms with Crippen LogP contribution >= 0.6 is 11.8 Å². The lowest BCUT2D eigenvalue weighted by molar-refractivity contribution is -0.131. The summed E-state index contributed by atoms with van der Waals surface area (Å²) in [6, 6.07) is 0.0589. The summed E-state index contributed by atoms with van der Waals surface area (Å²) in [5.41, 5.74) is 0. The average Bonchev–Trinajstić information content (AvgIpc) is 2.71. The molecule has 0 aromatic carbocycles. The van der Waals surface area contributed by atoms with Gasteiger partial charge in [-0.2, -0.15) is 0 Å². The maximum absolute atomic E-state index is 12.3. The number of hydrogen-bond donors (Lipinski definition) is 2. The highest BCUT2D eigenvalue weighted by Crippen LogP contribution is 2.22. The van der Waals surface area contributed by atoms with Gasteiger partial charge in [-0.25, -0.2) is 0 Å². The molecule has 5 heteroatoms. The van der Waals surface area contributed by atoms with E-state index >= 15 is 0 Å². The van der Waals surface area contributed by atoms with E-state index in [1.54, 1.807) is 11.8 Å². The summed E-state index contributed by atoms with van der Waals surface area (Å²) in [4.78, 5) is 14.3. The van der Waals surface area contributed by atoms with Crippen LogP contribution in [0.3, 0.4) is 0 Å². The second-order valence-corrected chi connectivity index (χ2v) is 6.82. The highest BCUT2D eigenvalue weighted by Gasteiger charge is 2.25. The number of aliphatic hydroxyl groups is 1. The second kappa shape index (κ2) is 8.12. The van der Waals surface area contributed by atoms with Crippen molar-refractivity contribution in [1.82, 2.24) is 10.2 Å². The highest BCUT2D eigenvalue weighted by atomic mass is 32.2. The number of amides is 1. The fourth-order valence-electron chi connectivity index (χ4n) is 2.93. The van der Waals surface area contributed by atoms with Gasteiger partial charge in [0.25, 0.3) is 0 Å². The average molecular weight is 286 g/mol. The smallest absolute Gasteiger partial charge is 0.232 e. The maximum atomic E-state index is 12.3. The molecule has 0 aliphatic carbocycles. The van der Waals surface area contributed by atoms with E-state index in [0.29, 0.717) is 11.0 Å². The second-order valence-electron chi connectivity index (χ2n) is 5.53. The molecule has 2 N–H and O–H groups in total. The lowest BCUT2D eigenvalue weighted by Gasteiger charge is -2.29. The first-order valence-corrected chi connectivity index (χ1v) is 8.59. The van der Waals surface area contributed by atoms with Gasteiger partial charge >= 0.3 is 0 Å². The minimum atomic E-state index is 0.0589. The third kappa shape index (κ3) is 4.65. The van der Waals surface area contributed by atoms with E-state index in [4.69, 9.17) is 0 Å². The molecule has 2 fully saturated rings. The monoisotopic (exact) mass is 286 g/mol. The molecule has 0 bridgehead atoms. The molecular formula is C14H26N2O2S. The van der Waals surface area contributed by atoms with Crippen LogP contribution in [0, 0.1) is 0 Å². The van der Waals surface area contributed by atoms with Gasteiger partial charge in [-0.15, -0.1) is 11.8 Å². The van der Waals surface area contributed by atoms with Crippen molar-refractivity contribution in [1.29, 1.82) is 0 Å². The minimum Gasteiger partial charge on any atom is -0.394 e. The Balaban J connectivity index is 1.79. The summed E-state index contributed by atoms with van der Waals surface area (Å²) in [6.45, 7) is 3.10. The Morgan fingerprint density at radius 3 is 2.74 bits per heavy atom. The number of nitrogens with one attached hydrogen (secondary N) is 1. The summed E-state index contributed by atoms with van der Waals surface area (Å²) in [5, 5.41) is 13.4. The first-order valence-electron chi connectivity index (χ1n) is 7.54. The van der Waals surface area contributed by atoms with Crippen LogP contribution in [0.4, 0.5) is 0 Å². The minimum absolute atomic E-state index is 0.0589. The molecule has 0 saturated carbocycles. The summed E-state index contributed by atoms with van der Waals surface area (Å²) >= 11 is 1.81. The van der Waals surface area contributed by atoms with E-state index in [0.717, 1.165) is 38.9 Å². The van der Waals surface area contributed by atoms with E-state index < -0.39 is 0 Å². The van der Waals surface area contributed by atoms with Crippen molar-refractivity contribution in [2.45, 2.75) is 49.8 Å². The third-order valence-electron chi connectivity index (χ3n) is 4.14. The van der Waals surface area contributed by atoms with Crippen molar-refractivity contribution in [2.75, 3.05) is 32.0 Å². The number of piperidine rings is 1. The van der Waals surface area contributed by atoms with Gasteiger partial charge < -0.3 is 15.3 Å². The quantitative estimate of drug-likeness (QED) is 0.816. The first-order chi connectivity index (χ1) is 9.31. The number of carbonyl (C=O) groups excluding carboxylic acids is 1. The number of carbonyl (C=O) groups is 1. The standard InChI is InChI=1S/C14H26N2O2S/c17-10-12-4-2-1-3-9-16(12)14(18)11-19-13-5-7-15-8-6-13/h12-13,15,17H,1-11H2. The van der Waals surface area contributed by atoms with Gasteiger partial charge in [0.05, 0.1) is 18.4 Å². The van der Waals surface area contributed by atoms with E-state index in [1.807, 2.05) is 4.90 Å². The van der Waals surface area contributed by atoms with E-state index in [9.17, 15) is 9.90 Å². The lowest BCUT2D eigenvalue weighted by Crippen LogP contribution is -2.43. The predicted octanol–water partition coefficient (Wildman–Crippen LogP) is 1.24. The van der Waals surface area contributed by atoms with Crippen LogP contribution in [-0.2, 0) is 4.79 Å². The zero-order valence-electron chi connectivity index (χ0n) is 11.6. The Labute approximate surface area is 120 Å².